The van der Waals surface area contributed by atoms with Crippen LogP contribution in [0.4, 0.5) is 9.59 Å². The second kappa shape index (κ2) is 11.8. The molecule has 0 saturated heterocycles. The molecular formula is C18H32N4O6. The lowest BCUT2D eigenvalue weighted by Gasteiger charge is -2.19. The van der Waals surface area contributed by atoms with Crippen LogP contribution in [0.1, 0.15) is 48.0 Å². The molecule has 4 N–H and O–H groups in total. The fourth-order valence-corrected chi connectivity index (χ4v) is 1.58. The van der Waals surface area contributed by atoms with Crippen molar-refractivity contribution < 1.29 is 28.7 Å². The third-order valence-electron chi connectivity index (χ3n) is 2.58. The molecule has 0 aromatic rings. The largest absolute Gasteiger partial charge is 0.444 e. The van der Waals surface area contributed by atoms with Crippen LogP contribution in [0.2, 0.25) is 0 Å². The number of carbonyl (C=O) groups excluding carboxylic acids is 4. The van der Waals surface area contributed by atoms with Crippen LogP contribution in [0.15, 0.2) is 12.3 Å². The average molecular weight is 400 g/mol. The summed E-state index contributed by atoms with van der Waals surface area (Å²) in [5, 5.41) is 9.76. The van der Waals surface area contributed by atoms with Crippen molar-refractivity contribution in [2.75, 3.05) is 19.6 Å². The van der Waals surface area contributed by atoms with Gasteiger partial charge in [-0.2, -0.15) is 0 Å². The quantitative estimate of drug-likeness (QED) is 0.452. The summed E-state index contributed by atoms with van der Waals surface area (Å²) < 4.78 is 10.0. The van der Waals surface area contributed by atoms with Gasteiger partial charge in [0.15, 0.2) is 0 Å². The van der Waals surface area contributed by atoms with Crippen molar-refractivity contribution in [1.29, 1.82) is 0 Å². The van der Waals surface area contributed by atoms with Crippen molar-refractivity contribution in [2.45, 2.75) is 59.2 Å². The first-order chi connectivity index (χ1) is 12.8. The van der Waals surface area contributed by atoms with Crippen molar-refractivity contribution in [2.24, 2.45) is 0 Å². The van der Waals surface area contributed by atoms with Crippen molar-refractivity contribution in [1.82, 2.24) is 21.3 Å². The maximum Gasteiger partial charge on any atom is 0.408 e. The van der Waals surface area contributed by atoms with Crippen LogP contribution in [-0.2, 0) is 19.1 Å². The molecule has 160 valence electrons. The molecule has 0 aliphatic heterocycles. The van der Waals surface area contributed by atoms with Crippen molar-refractivity contribution in [3.8, 4) is 0 Å². The van der Waals surface area contributed by atoms with Gasteiger partial charge in [0.25, 0.3) is 0 Å². The predicted octanol–water partition coefficient (Wildman–Crippen LogP) is 1.17. The number of alkyl carbamates (subject to hydrolysis) is 2. The molecule has 0 saturated carbocycles. The molecule has 10 nitrogen and oxygen atoms in total. The van der Waals surface area contributed by atoms with Gasteiger partial charge in [-0.15, -0.1) is 0 Å². The lowest BCUT2D eigenvalue weighted by Crippen LogP contribution is -2.39. The Hall–Kier alpha value is -2.78. The van der Waals surface area contributed by atoms with E-state index in [1.165, 1.54) is 6.20 Å². The van der Waals surface area contributed by atoms with Gasteiger partial charge in [0.2, 0.25) is 11.8 Å². The molecule has 0 unspecified atom stereocenters. The van der Waals surface area contributed by atoms with Gasteiger partial charge in [0.05, 0.1) is 6.54 Å². The highest BCUT2D eigenvalue weighted by Gasteiger charge is 2.17. The highest BCUT2D eigenvalue weighted by Crippen LogP contribution is 2.06. The van der Waals surface area contributed by atoms with Gasteiger partial charge in [-0.25, -0.2) is 9.59 Å². The molecule has 0 aromatic carbocycles. The van der Waals surface area contributed by atoms with Crippen LogP contribution in [0.3, 0.4) is 0 Å². The standard InChI is InChI=1S/C18H32N4O6/c1-17(2,3)27-15(25)21-11-13(23)19-9-7-8-10-20-14(24)12-22-16(26)28-18(4,5)6/h7,9H,8,10-12H2,1-6H3,(H,19,23)(H,20,24)(H,21,25)(H,22,26)/b9-7-. The summed E-state index contributed by atoms with van der Waals surface area (Å²) in [7, 11) is 0. The van der Waals surface area contributed by atoms with Crippen molar-refractivity contribution >= 4 is 24.0 Å². The summed E-state index contributed by atoms with van der Waals surface area (Å²) in [6.07, 6.45) is 2.20. The molecule has 28 heavy (non-hydrogen) atoms. The van der Waals surface area contributed by atoms with Crippen LogP contribution < -0.4 is 21.3 Å². The molecule has 0 heterocycles. The van der Waals surface area contributed by atoms with E-state index in [-0.39, 0.29) is 19.0 Å². The van der Waals surface area contributed by atoms with E-state index in [1.54, 1.807) is 47.6 Å². The van der Waals surface area contributed by atoms with E-state index in [0.717, 1.165) is 0 Å². The number of amides is 4. The number of ether oxygens (including phenoxy) is 2. The number of nitrogens with one attached hydrogen (secondary N) is 4. The van der Waals surface area contributed by atoms with Crippen LogP contribution in [0, 0.1) is 0 Å². The Bertz CT molecular complexity index is 576. The predicted molar refractivity (Wildman–Crippen MR) is 103 cm³/mol. The second-order valence-electron chi connectivity index (χ2n) is 7.82. The summed E-state index contributed by atoms with van der Waals surface area (Å²) >= 11 is 0. The zero-order chi connectivity index (χ0) is 21.8. The molecular weight excluding hydrogens is 368 g/mol. The van der Waals surface area contributed by atoms with E-state index in [4.69, 9.17) is 9.47 Å². The van der Waals surface area contributed by atoms with Crippen molar-refractivity contribution in [3.05, 3.63) is 12.3 Å². The maximum atomic E-state index is 11.6. The maximum absolute atomic E-state index is 11.6. The minimum Gasteiger partial charge on any atom is -0.444 e. The van der Waals surface area contributed by atoms with Gasteiger partial charge in [-0.05, 0) is 54.2 Å². The fraction of sp³-hybridized carbons (Fsp3) is 0.667. The molecule has 0 aliphatic rings. The van der Waals surface area contributed by atoms with Crippen LogP contribution in [0.5, 0.6) is 0 Å². The molecule has 0 atom stereocenters. The smallest absolute Gasteiger partial charge is 0.408 e. The van der Waals surface area contributed by atoms with E-state index < -0.39 is 29.3 Å². The topological polar surface area (TPSA) is 135 Å². The lowest BCUT2D eigenvalue weighted by atomic mass is 10.2. The second-order valence-corrected chi connectivity index (χ2v) is 7.82. The average Bonchev–Trinajstić information content (AvgIpc) is 2.51. The minimum atomic E-state index is -0.672. The summed E-state index contributed by atoms with van der Waals surface area (Å²) in [4.78, 5) is 45.9. The zero-order valence-electron chi connectivity index (χ0n) is 17.4. The molecule has 0 aliphatic carbocycles. The molecule has 0 aromatic heterocycles. The third kappa shape index (κ3) is 16.7. The SMILES string of the molecule is CC(C)(C)OC(=O)NCC(=O)N/C=C\CCNC(=O)CNC(=O)OC(C)(C)C. The Morgan fingerprint density at radius 3 is 1.68 bits per heavy atom. The Morgan fingerprint density at radius 2 is 1.21 bits per heavy atom. The third-order valence-corrected chi connectivity index (χ3v) is 2.58. The highest BCUT2D eigenvalue weighted by molar-refractivity contribution is 5.83. The monoisotopic (exact) mass is 400 g/mol. The van der Waals surface area contributed by atoms with E-state index in [0.29, 0.717) is 13.0 Å². The Balaban J connectivity index is 3.81. The number of rotatable bonds is 8. The first-order valence-electron chi connectivity index (χ1n) is 8.93. The Labute approximate surface area is 165 Å². The first-order valence-corrected chi connectivity index (χ1v) is 8.93. The van der Waals surface area contributed by atoms with Crippen LogP contribution in [0.25, 0.3) is 0 Å². The first kappa shape index (κ1) is 25.2. The van der Waals surface area contributed by atoms with Gasteiger partial charge in [-0.1, -0.05) is 6.08 Å². The van der Waals surface area contributed by atoms with Gasteiger partial charge in [-0.3, -0.25) is 9.59 Å². The Kier molecular flexibility index (Phi) is 10.7. The zero-order valence-corrected chi connectivity index (χ0v) is 17.4. The van der Waals surface area contributed by atoms with E-state index in [1.807, 2.05) is 0 Å². The molecule has 0 bridgehead atoms. The van der Waals surface area contributed by atoms with E-state index in [9.17, 15) is 19.2 Å². The highest BCUT2D eigenvalue weighted by atomic mass is 16.6. The molecule has 0 radical (unpaired) electrons. The number of carbonyl (C=O) groups is 4. The van der Waals surface area contributed by atoms with Crippen LogP contribution in [-0.4, -0.2) is 54.8 Å². The Morgan fingerprint density at radius 1 is 0.750 bits per heavy atom. The molecule has 4 amide bonds. The number of hydrogen-bond acceptors (Lipinski definition) is 6. The van der Waals surface area contributed by atoms with Gasteiger partial charge in [0, 0.05) is 6.54 Å². The summed E-state index contributed by atoms with van der Waals surface area (Å²) in [6.45, 7) is 10.3. The summed E-state index contributed by atoms with van der Waals surface area (Å²) in [6, 6.07) is 0. The molecule has 10 heteroatoms. The number of hydrogen-bond donors (Lipinski definition) is 4. The summed E-state index contributed by atoms with van der Waals surface area (Å²) in [5.41, 5.74) is -1.26. The molecule has 0 rings (SSSR count). The molecule has 0 spiro atoms. The lowest BCUT2D eigenvalue weighted by molar-refractivity contribution is -0.120. The molecule has 0 fully saturated rings. The van der Waals surface area contributed by atoms with Gasteiger partial charge >= 0.3 is 12.2 Å². The minimum absolute atomic E-state index is 0.189. The normalized spacial score (nSPS) is 11.5. The summed E-state index contributed by atoms with van der Waals surface area (Å²) in [5.74, 6) is -0.766. The van der Waals surface area contributed by atoms with Crippen LogP contribution >= 0.6 is 0 Å². The van der Waals surface area contributed by atoms with E-state index >= 15 is 0 Å². The van der Waals surface area contributed by atoms with E-state index in [2.05, 4.69) is 21.3 Å². The fourth-order valence-electron chi connectivity index (χ4n) is 1.58. The van der Waals surface area contributed by atoms with Gasteiger partial charge < -0.3 is 30.7 Å². The van der Waals surface area contributed by atoms with Gasteiger partial charge in [0.1, 0.15) is 17.7 Å². The van der Waals surface area contributed by atoms with Crippen molar-refractivity contribution in [3.63, 3.8) is 0 Å².